The first kappa shape index (κ1) is 11.7. The minimum Gasteiger partial charge on any atom is -0.480 e. The lowest BCUT2D eigenvalue weighted by Gasteiger charge is -2.06. The van der Waals surface area contributed by atoms with Crippen molar-refractivity contribution in [2.45, 2.75) is 18.9 Å². The van der Waals surface area contributed by atoms with Crippen molar-refractivity contribution in [3.63, 3.8) is 0 Å². The van der Waals surface area contributed by atoms with Gasteiger partial charge < -0.3 is 10.8 Å². The Kier molecular flexibility index (Phi) is 4.24. The highest BCUT2D eigenvalue weighted by Crippen LogP contribution is 2.07. The third kappa shape index (κ3) is 3.67. The molecule has 0 aliphatic rings. The summed E-state index contributed by atoms with van der Waals surface area (Å²) in [5.74, 6) is -1.01. The van der Waals surface area contributed by atoms with Crippen molar-refractivity contribution in [2.75, 3.05) is 6.67 Å². The summed E-state index contributed by atoms with van der Waals surface area (Å²) in [5, 5.41) is 8.61. The van der Waals surface area contributed by atoms with Crippen LogP contribution in [0.15, 0.2) is 24.3 Å². The summed E-state index contributed by atoms with van der Waals surface area (Å²) in [6, 6.07) is 6.28. The summed E-state index contributed by atoms with van der Waals surface area (Å²) < 4.78 is 12.0. The molecule has 0 heterocycles. The highest BCUT2D eigenvalue weighted by atomic mass is 19.1. The molecule has 0 saturated carbocycles. The molecule has 0 fully saturated rings. The van der Waals surface area contributed by atoms with E-state index in [1.165, 1.54) is 0 Å². The summed E-state index contributed by atoms with van der Waals surface area (Å²) in [6.45, 7) is -0.381. The first-order valence-electron chi connectivity index (χ1n) is 4.75. The molecular weight excluding hydrogens is 197 g/mol. The maximum atomic E-state index is 12.0. The van der Waals surface area contributed by atoms with Crippen LogP contribution in [0, 0.1) is 0 Å². The van der Waals surface area contributed by atoms with Gasteiger partial charge >= 0.3 is 5.97 Å². The van der Waals surface area contributed by atoms with Crippen LogP contribution in [0.2, 0.25) is 0 Å². The zero-order chi connectivity index (χ0) is 11.3. The second kappa shape index (κ2) is 5.46. The molecule has 1 unspecified atom stereocenters. The van der Waals surface area contributed by atoms with Crippen LogP contribution >= 0.6 is 0 Å². The molecule has 0 spiro atoms. The third-order valence-electron chi connectivity index (χ3n) is 2.18. The van der Waals surface area contributed by atoms with Crippen molar-refractivity contribution in [1.29, 1.82) is 0 Å². The topological polar surface area (TPSA) is 63.3 Å². The van der Waals surface area contributed by atoms with E-state index < -0.39 is 12.0 Å². The van der Waals surface area contributed by atoms with E-state index in [9.17, 15) is 9.18 Å². The zero-order valence-electron chi connectivity index (χ0n) is 8.32. The first-order valence-corrected chi connectivity index (χ1v) is 4.75. The minimum absolute atomic E-state index is 0.297. The number of rotatable bonds is 5. The number of hydrogen-bond donors (Lipinski definition) is 2. The minimum atomic E-state index is -1.01. The fourth-order valence-corrected chi connectivity index (χ4v) is 1.29. The van der Waals surface area contributed by atoms with E-state index in [0.717, 1.165) is 11.1 Å². The molecule has 0 aliphatic carbocycles. The van der Waals surface area contributed by atoms with Crippen molar-refractivity contribution in [3.05, 3.63) is 35.4 Å². The zero-order valence-corrected chi connectivity index (χ0v) is 8.32. The van der Waals surface area contributed by atoms with Gasteiger partial charge in [0.25, 0.3) is 0 Å². The number of carboxylic acid groups (broad SMARTS) is 1. The molecule has 1 aromatic carbocycles. The van der Waals surface area contributed by atoms with E-state index in [1.807, 2.05) is 0 Å². The van der Waals surface area contributed by atoms with Gasteiger partial charge in [0, 0.05) is 6.42 Å². The second-order valence-electron chi connectivity index (χ2n) is 3.40. The Hall–Kier alpha value is -1.42. The SMILES string of the molecule is NC(Cc1ccc(CCF)cc1)C(=O)O. The molecule has 82 valence electrons. The van der Waals surface area contributed by atoms with Gasteiger partial charge in [-0.3, -0.25) is 9.18 Å². The average Bonchev–Trinajstić information content (AvgIpc) is 2.21. The van der Waals surface area contributed by atoms with Gasteiger partial charge in [0.15, 0.2) is 0 Å². The van der Waals surface area contributed by atoms with E-state index in [0.29, 0.717) is 12.8 Å². The number of nitrogens with two attached hydrogens (primary N) is 1. The van der Waals surface area contributed by atoms with Crippen molar-refractivity contribution in [2.24, 2.45) is 5.73 Å². The number of benzene rings is 1. The molecule has 4 heteroatoms. The van der Waals surface area contributed by atoms with Crippen LogP contribution in [-0.4, -0.2) is 23.8 Å². The van der Waals surface area contributed by atoms with Crippen LogP contribution in [0.3, 0.4) is 0 Å². The van der Waals surface area contributed by atoms with E-state index in [-0.39, 0.29) is 6.67 Å². The Labute approximate surface area is 87.7 Å². The number of aliphatic carboxylic acids is 1. The lowest BCUT2D eigenvalue weighted by molar-refractivity contribution is -0.138. The summed E-state index contributed by atoms with van der Waals surface area (Å²) >= 11 is 0. The van der Waals surface area contributed by atoms with E-state index >= 15 is 0 Å². The van der Waals surface area contributed by atoms with E-state index in [2.05, 4.69) is 0 Å². The molecule has 0 aliphatic heterocycles. The van der Waals surface area contributed by atoms with Crippen LogP contribution in [0.4, 0.5) is 4.39 Å². The van der Waals surface area contributed by atoms with E-state index in [4.69, 9.17) is 10.8 Å². The highest BCUT2D eigenvalue weighted by molar-refractivity contribution is 5.73. The molecule has 1 aromatic rings. The number of carboxylic acids is 1. The predicted octanol–water partition coefficient (Wildman–Crippen LogP) is 1.15. The van der Waals surface area contributed by atoms with Crippen molar-refractivity contribution < 1.29 is 14.3 Å². The largest absolute Gasteiger partial charge is 0.480 e. The van der Waals surface area contributed by atoms with Crippen LogP contribution in [0.1, 0.15) is 11.1 Å². The molecule has 3 N–H and O–H groups in total. The molecule has 0 radical (unpaired) electrons. The average molecular weight is 211 g/mol. The number of hydrogen-bond acceptors (Lipinski definition) is 2. The highest BCUT2D eigenvalue weighted by Gasteiger charge is 2.11. The number of alkyl halides is 1. The number of carbonyl (C=O) groups is 1. The van der Waals surface area contributed by atoms with Crippen LogP contribution in [0.25, 0.3) is 0 Å². The van der Waals surface area contributed by atoms with Gasteiger partial charge in [-0.05, 0) is 17.5 Å². The van der Waals surface area contributed by atoms with Gasteiger partial charge in [-0.1, -0.05) is 24.3 Å². The Morgan fingerprint density at radius 1 is 1.33 bits per heavy atom. The Balaban J connectivity index is 2.60. The van der Waals surface area contributed by atoms with Gasteiger partial charge in [-0.2, -0.15) is 0 Å². The van der Waals surface area contributed by atoms with Crippen LogP contribution in [-0.2, 0) is 17.6 Å². The standard InChI is InChI=1S/C11H14FNO2/c12-6-5-8-1-3-9(4-2-8)7-10(13)11(14)15/h1-4,10H,5-7,13H2,(H,14,15). The second-order valence-corrected chi connectivity index (χ2v) is 3.40. The third-order valence-corrected chi connectivity index (χ3v) is 2.18. The number of aryl methyl sites for hydroxylation is 1. The maximum absolute atomic E-state index is 12.0. The Morgan fingerprint density at radius 2 is 1.87 bits per heavy atom. The van der Waals surface area contributed by atoms with Gasteiger partial charge in [0.1, 0.15) is 6.04 Å². The molecule has 15 heavy (non-hydrogen) atoms. The normalized spacial score (nSPS) is 12.4. The lowest BCUT2D eigenvalue weighted by atomic mass is 10.0. The molecule has 0 saturated heterocycles. The van der Waals surface area contributed by atoms with Crippen molar-refractivity contribution in [1.82, 2.24) is 0 Å². The van der Waals surface area contributed by atoms with Crippen molar-refractivity contribution >= 4 is 5.97 Å². The molecular formula is C11H14FNO2. The lowest BCUT2D eigenvalue weighted by Crippen LogP contribution is -2.32. The van der Waals surface area contributed by atoms with Gasteiger partial charge in [0.05, 0.1) is 6.67 Å². The summed E-state index contributed by atoms with van der Waals surface area (Å²) in [6.07, 6.45) is 0.691. The smallest absolute Gasteiger partial charge is 0.320 e. The number of halogens is 1. The fraction of sp³-hybridized carbons (Fsp3) is 0.364. The van der Waals surface area contributed by atoms with Crippen LogP contribution in [0.5, 0.6) is 0 Å². The molecule has 3 nitrogen and oxygen atoms in total. The molecule has 0 bridgehead atoms. The van der Waals surface area contributed by atoms with Crippen LogP contribution < -0.4 is 5.73 Å². The van der Waals surface area contributed by atoms with Gasteiger partial charge in [-0.25, -0.2) is 0 Å². The van der Waals surface area contributed by atoms with Gasteiger partial charge in [0.2, 0.25) is 0 Å². The summed E-state index contributed by atoms with van der Waals surface area (Å²) in [7, 11) is 0. The first-order chi connectivity index (χ1) is 7.13. The monoisotopic (exact) mass is 211 g/mol. The molecule has 0 aromatic heterocycles. The van der Waals surface area contributed by atoms with E-state index in [1.54, 1.807) is 24.3 Å². The molecule has 1 rings (SSSR count). The van der Waals surface area contributed by atoms with Gasteiger partial charge in [-0.15, -0.1) is 0 Å². The Morgan fingerprint density at radius 3 is 2.33 bits per heavy atom. The Bertz CT molecular complexity index is 324. The fourth-order valence-electron chi connectivity index (χ4n) is 1.29. The predicted molar refractivity (Wildman–Crippen MR) is 55.4 cm³/mol. The molecule has 0 amide bonds. The summed E-state index contributed by atoms with van der Waals surface area (Å²) in [5.41, 5.74) is 7.15. The summed E-state index contributed by atoms with van der Waals surface area (Å²) in [4.78, 5) is 10.5. The maximum Gasteiger partial charge on any atom is 0.320 e. The quantitative estimate of drug-likeness (QED) is 0.768. The van der Waals surface area contributed by atoms with Crippen molar-refractivity contribution in [3.8, 4) is 0 Å². The molecule has 1 atom stereocenters.